The third kappa shape index (κ3) is 0.909. The molecule has 0 saturated carbocycles. The Labute approximate surface area is 71.6 Å². The van der Waals surface area contributed by atoms with E-state index in [2.05, 4.69) is 13.8 Å². The average Bonchev–Trinajstić information content (AvgIpc) is 2.46. The van der Waals surface area contributed by atoms with Gasteiger partial charge in [0.15, 0.2) is 11.5 Å². The van der Waals surface area contributed by atoms with Crippen molar-refractivity contribution in [2.24, 2.45) is 0 Å². The van der Waals surface area contributed by atoms with Gasteiger partial charge in [-0.2, -0.15) is 0 Å². The summed E-state index contributed by atoms with van der Waals surface area (Å²) in [6, 6.07) is 1.91. The van der Waals surface area contributed by atoms with Gasteiger partial charge in [-0.05, 0) is 17.9 Å². The molecule has 2 rings (SSSR count). The molecular weight excluding hydrogens is 152 g/mol. The lowest BCUT2D eigenvalue weighted by molar-refractivity contribution is 0.0926. The molecule has 2 nitrogen and oxygen atoms in total. The molecule has 0 aromatic carbocycles. The molecule has 0 unspecified atom stereocenters. The van der Waals surface area contributed by atoms with Gasteiger partial charge in [-0.1, -0.05) is 13.8 Å². The zero-order valence-corrected chi connectivity index (χ0v) is 7.39. The summed E-state index contributed by atoms with van der Waals surface area (Å²) in [4.78, 5) is 11.3. The molecule has 0 atom stereocenters. The topological polar surface area (TPSA) is 30.2 Å². The normalized spacial score (nSPS) is 20.7. The Hall–Kier alpha value is -1.05. The van der Waals surface area contributed by atoms with E-state index in [0.29, 0.717) is 12.2 Å². The second kappa shape index (κ2) is 2.22. The van der Waals surface area contributed by atoms with Gasteiger partial charge < -0.3 is 4.42 Å². The smallest absolute Gasteiger partial charge is 0.198 e. The zero-order chi connectivity index (χ0) is 8.77. The molecule has 0 N–H and O–H groups in total. The molecule has 0 amide bonds. The first-order valence-corrected chi connectivity index (χ1v) is 4.22. The van der Waals surface area contributed by atoms with Crippen LogP contribution in [0.3, 0.4) is 0 Å². The van der Waals surface area contributed by atoms with Crippen LogP contribution in [0.5, 0.6) is 0 Å². The lowest BCUT2D eigenvalue weighted by Gasteiger charge is -2.27. The molecule has 0 fully saturated rings. The highest BCUT2D eigenvalue weighted by Crippen LogP contribution is 2.36. The Morgan fingerprint density at radius 3 is 2.92 bits per heavy atom. The number of carbonyl (C=O) groups is 1. The SMILES string of the molecule is CC1(C)CCC(=O)c2occc21. The van der Waals surface area contributed by atoms with Crippen LogP contribution < -0.4 is 0 Å². The van der Waals surface area contributed by atoms with Crippen LogP contribution in [0.25, 0.3) is 0 Å². The molecule has 12 heavy (non-hydrogen) atoms. The number of carbonyl (C=O) groups excluding carboxylic acids is 1. The van der Waals surface area contributed by atoms with Gasteiger partial charge in [0, 0.05) is 12.0 Å². The van der Waals surface area contributed by atoms with Crippen LogP contribution in [-0.2, 0) is 5.41 Å². The number of hydrogen-bond donors (Lipinski definition) is 0. The molecule has 0 aliphatic heterocycles. The minimum absolute atomic E-state index is 0.107. The number of Topliss-reactive ketones (excluding diaryl/α,β-unsaturated/α-hetero) is 1. The third-order valence-corrected chi connectivity index (χ3v) is 2.62. The van der Waals surface area contributed by atoms with E-state index >= 15 is 0 Å². The number of rotatable bonds is 0. The minimum atomic E-state index is 0.107. The summed E-state index contributed by atoms with van der Waals surface area (Å²) in [5, 5.41) is 0. The number of ketones is 1. The Kier molecular flexibility index (Phi) is 1.40. The summed E-state index contributed by atoms with van der Waals surface area (Å²) in [5.41, 5.74) is 1.18. The fraction of sp³-hybridized carbons (Fsp3) is 0.500. The molecule has 1 aliphatic rings. The molecule has 1 aromatic heterocycles. The summed E-state index contributed by atoms with van der Waals surface area (Å²) in [7, 11) is 0. The van der Waals surface area contributed by atoms with Crippen molar-refractivity contribution in [1.29, 1.82) is 0 Å². The van der Waals surface area contributed by atoms with Crippen molar-refractivity contribution in [3.05, 3.63) is 23.7 Å². The molecule has 0 radical (unpaired) electrons. The predicted molar refractivity (Wildman–Crippen MR) is 45.3 cm³/mol. The van der Waals surface area contributed by atoms with Crippen LogP contribution in [-0.4, -0.2) is 5.78 Å². The van der Waals surface area contributed by atoms with Gasteiger partial charge in [-0.25, -0.2) is 0 Å². The van der Waals surface area contributed by atoms with E-state index in [4.69, 9.17) is 4.42 Å². The number of furan rings is 1. The molecule has 2 heteroatoms. The van der Waals surface area contributed by atoms with E-state index in [0.717, 1.165) is 12.0 Å². The Morgan fingerprint density at radius 1 is 1.50 bits per heavy atom. The van der Waals surface area contributed by atoms with Crippen LogP contribution in [0.2, 0.25) is 0 Å². The summed E-state index contributed by atoms with van der Waals surface area (Å²) in [6.07, 6.45) is 3.15. The van der Waals surface area contributed by atoms with Gasteiger partial charge in [-0.3, -0.25) is 4.79 Å². The van der Waals surface area contributed by atoms with Gasteiger partial charge in [-0.15, -0.1) is 0 Å². The van der Waals surface area contributed by atoms with Crippen LogP contribution in [0.15, 0.2) is 16.7 Å². The highest BCUT2D eigenvalue weighted by molar-refractivity contribution is 5.96. The van der Waals surface area contributed by atoms with E-state index in [9.17, 15) is 4.79 Å². The summed E-state index contributed by atoms with van der Waals surface area (Å²) < 4.78 is 5.15. The molecular formula is C10H12O2. The Morgan fingerprint density at radius 2 is 2.25 bits per heavy atom. The average molecular weight is 164 g/mol. The lowest BCUT2D eigenvalue weighted by atomic mass is 9.75. The second-order valence-electron chi connectivity index (χ2n) is 3.97. The standard InChI is InChI=1S/C10H12O2/c1-10(2)5-3-8(11)9-7(10)4-6-12-9/h4,6H,3,5H2,1-2H3. The molecule has 1 aromatic rings. The fourth-order valence-corrected chi connectivity index (χ4v) is 1.73. The molecule has 0 saturated heterocycles. The van der Waals surface area contributed by atoms with Crippen LogP contribution in [0.4, 0.5) is 0 Å². The maximum absolute atomic E-state index is 11.3. The van der Waals surface area contributed by atoms with Crippen LogP contribution in [0.1, 0.15) is 42.8 Å². The molecule has 64 valence electrons. The van der Waals surface area contributed by atoms with E-state index in [-0.39, 0.29) is 11.2 Å². The fourth-order valence-electron chi connectivity index (χ4n) is 1.73. The molecule has 0 bridgehead atoms. The number of hydrogen-bond acceptors (Lipinski definition) is 2. The maximum atomic E-state index is 11.3. The summed E-state index contributed by atoms with van der Waals surface area (Å²) in [5.74, 6) is 0.723. The predicted octanol–water partition coefficient (Wildman–Crippen LogP) is 2.53. The van der Waals surface area contributed by atoms with E-state index in [1.54, 1.807) is 6.26 Å². The Bertz CT molecular complexity index is 320. The van der Waals surface area contributed by atoms with Crippen molar-refractivity contribution < 1.29 is 9.21 Å². The Balaban J connectivity index is 2.57. The van der Waals surface area contributed by atoms with Crippen LogP contribution >= 0.6 is 0 Å². The zero-order valence-electron chi connectivity index (χ0n) is 7.39. The van der Waals surface area contributed by atoms with Gasteiger partial charge in [0.25, 0.3) is 0 Å². The quantitative estimate of drug-likeness (QED) is 0.589. The van der Waals surface area contributed by atoms with Crippen molar-refractivity contribution in [3.8, 4) is 0 Å². The highest BCUT2D eigenvalue weighted by Gasteiger charge is 2.33. The molecule has 0 spiro atoms. The van der Waals surface area contributed by atoms with Gasteiger partial charge in [0.2, 0.25) is 0 Å². The van der Waals surface area contributed by atoms with E-state index < -0.39 is 0 Å². The first kappa shape index (κ1) is 7.59. The minimum Gasteiger partial charge on any atom is -0.461 e. The first-order valence-electron chi connectivity index (χ1n) is 4.22. The third-order valence-electron chi connectivity index (χ3n) is 2.62. The van der Waals surface area contributed by atoms with Crippen LogP contribution in [0, 0.1) is 0 Å². The number of fused-ring (bicyclic) bond motifs is 1. The van der Waals surface area contributed by atoms with Crippen molar-refractivity contribution in [1.82, 2.24) is 0 Å². The van der Waals surface area contributed by atoms with E-state index in [1.165, 1.54) is 0 Å². The largest absolute Gasteiger partial charge is 0.461 e. The van der Waals surface area contributed by atoms with Gasteiger partial charge >= 0.3 is 0 Å². The van der Waals surface area contributed by atoms with Gasteiger partial charge in [0.1, 0.15) is 0 Å². The molecule has 1 aliphatic carbocycles. The second-order valence-corrected chi connectivity index (χ2v) is 3.97. The van der Waals surface area contributed by atoms with E-state index in [1.807, 2.05) is 6.07 Å². The first-order chi connectivity index (χ1) is 5.61. The maximum Gasteiger partial charge on any atom is 0.198 e. The lowest BCUT2D eigenvalue weighted by Crippen LogP contribution is -2.25. The summed E-state index contributed by atoms with van der Waals surface area (Å²) >= 11 is 0. The van der Waals surface area contributed by atoms with Crippen molar-refractivity contribution >= 4 is 5.78 Å². The monoisotopic (exact) mass is 164 g/mol. The van der Waals surface area contributed by atoms with Gasteiger partial charge in [0.05, 0.1) is 6.26 Å². The summed E-state index contributed by atoms with van der Waals surface area (Å²) in [6.45, 7) is 4.29. The van der Waals surface area contributed by atoms with Crippen molar-refractivity contribution in [3.63, 3.8) is 0 Å². The van der Waals surface area contributed by atoms with Crippen molar-refractivity contribution in [2.75, 3.05) is 0 Å². The molecule has 1 heterocycles. The highest BCUT2D eigenvalue weighted by atomic mass is 16.3. The van der Waals surface area contributed by atoms with Crippen molar-refractivity contribution in [2.45, 2.75) is 32.1 Å².